The standard InChI is InChI=1S/C22H27F4N3O2.HI/c1-3-27-21(29-12-18-8-9-20(23)19(10-18)14-30-2)28-11-16-4-6-17(7-5-16)13-31-15-22(24,25)26;/h4-10H,3,11-15H2,1-2H3,(H2,27,28,29);1H. The Morgan fingerprint density at radius 3 is 2.25 bits per heavy atom. The van der Waals surface area contributed by atoms with Gasteiger partial charge >= 0.3 is 6.18 Å². The zero-order chi connectivity index (χ0) is 22.7. The predicted molar refractivity (Wildman–Crippen MR) is 126 cm³/mol. The van der Waals surface area contributed by atoms with Gasteiger partial charge in [0, 0.05) is 25.8 Å². The Balaban J connectivity index is 0.00000512. The van der Waals surface area contributed by atoms with Gasteiger partial charge in [-0.1, -0.05) is 30.3 Å². The van der Waals surface area contributed by atoms with Crippen LogP contribution < -0.4 is 10.6 Å². The van der Waals surface area contributed by atoms with Crippen LogP contribution in [0.4, 0.5) is 17.6 Å². The molecule has 2 aromatic carbocycles. The van der Waals surface area contributed by atoms with Crippen LogP contribution in [0.3, 0.4) is 0 Å². The van der Waals surface area contributed by atoms with Crippen LogP contribution in [0.5, 0.6) is 0 Å². The van der Waals surface area contributed by atoms with E-state index in [9.17, 15) is 17.6 Å². The molecule has 0 atom stereocenters. The Morgan fingerprint density at radius 1 is 0.969 bits per heavy atom. The number of nitrogens with one attached hydrogen (secondary N) is 2. The fourth-order valence-electron chi connectivity index (χ4n) is 2.73. The van der Waals surface area contributed by atoms with Crippen LogP contribution in [0.1, 0.15) is 29.2 Å². The lowest BCUT2D eigenvalue weighted by Gasteiger charge is -2.12. The van der Waals surface area contributed by atoms with Crippen molar-refractivity contribution in [3.8, 4) is 0 Å². The van der Waals surface area contributed by atoms with E-state index in [1.165, 1.54) is 13.2 Å². The number of halogens is 5. The first-order valence-corrected chi connectivity index (χ1v) is 9.81. The van der Waals surface area contributed by atoms with E-state index < -0.39 is 12.8 Å². The monoisotopic (exact) mass is 569 g/mol. The van der Waals surface area contributed by atoms with Gasteiger partial charge in [-0.2, -0.15) is 13.2 Å². The van der Waals surface area contributed by atoms with Gasteiger partial charge in [0.1, 0.15) is 12.4 Å². The minimum atomic E-state index is -4.33. The predicted octanol–water partition coefficient (Wildman–Crippen LogP) is 4.92. The van der Waals surface area contributed by atoms with Crippen LogP contribution in [0.2, 0.25) is 0 Å². The molecule has 0 bridgehead atoms. The highest BCUT2D eigenvalue weighted by atomic mass is 127. The highest BCUT2D eigenvalue weighted by Gasteiger charge is 2.27. The van der Waals surface area contributed by atoms with Crippen molar-refractivity contribution >= 4 is 29.9 Å². The number of benzene rings is 2. The molecule has 0 aliphatic heterocycles. The maximum absolute atomic E-state index is 13.7. The minimum Gasteiger partial charge on any atom is -0.380 e. The van der Waals surface area contributed by atoms with E-state index >= 15 is 0 Å². The fraction of sp³-hybridized carbons (Fsp3) is 0.409. The molecule has 0 aromatic heterocycles. The van der Waals surface area contributed by atoms with Crippen LogP contribution in [0.15, 0.2) is 47.5 Å². The number of methoxy groups -OCH3 is 1. The number of hydrogen-bond acceptors (Lipinski definition) is 3. The van der Waals surface area contributed by atoms with Gasteiger partial charge in [0.05, 0.1) is 19.8 Å². The second kappa shape index (κ2) is 14.3. The summed E-state index contributed by atoms with van der Waals surface area (Å²) in [5.41, 5.74) is 2.94. The van der Waals surface area contributed by atoms with Crippen molar-refractivity contribution in [3.05, 3.63) is 70.5 Å². The molecule has 5 nitrogen and oxygen atoms in total. The van der Waals surface area contributed by atoms with Crippen molar-refractivity contribution in [3.63, 3.8) is 0 Å². The molecule has 0 amide bonds. The van der Waals surface area contributed by atoms with E-state index in [1.54, 1.807) is 24.3 Å². The molecule has 0 saturated carbocycles. The van der Waals surface area contributed by atoms with E-state index in [2.05, 4.69) is 20.4 Å². The van der Waals surface area contributed by atoms with Gasteiger partial charge < -0.3 is 20.1 Å². The number of aliphatic imine (C=N–C) groups is 1. The molecule has 2 aromatic rings. The largest absolute Gasteiger partial charge is 0.411 e. The summed E-state index contributed by atoms with van der Waals surface area (Å²) in [5.74, 6) is 0.282. The molecule has 0 radical (unpaired) electrons. The number of alkyl halides is 3. The van der Waals surface area contributed by atoms with Crippen molar-refractivity contribution in [1.82, 2.24) is 10.6 Å². The Morgan fingerprint density at radius 2 is 1.62 bits per heavy atom. The number of rotatable bonds is 10. The van der Waals surface area contributed by atoms with Crippen LogP contribution in [-0.4, -0.2) is 32.4 Å². The summed E-state index contributed by atoms with van der Waals surface area (Å²) in [5, 5.41) is 6.34. The topological polar surface area (TPSA) is 54.9 Å². The van der Waals surface area contributed by atoms with Gasteiger partial charge in [-0.05, 0) is 35.7 Å². The van der Waals surface area contributed by atoms with E-state index in [0.717, 1.165) is 11.1 Å². The van der Waals surface area contributed by atoms with E-state index in [-0.39, 0.29) is 43.0 Å². The lowest BCUT2D eigenvalue weighted by atomic mass is 10.1. The molecule has 2 N–H and O–H groups in total. The molecular formula is C22H28F4IN3O2. The quantitative estimate of drug-likeness (QED) is 0.185. The molecule has 10 heteroatoms. The molecule has 0 aliphatic rings. The average Bonchev–Trinajstić information content (AvgIpc) is 2.72. The van der Waals surface area contributed by atoms with Gasteiger partial charge in [-0.3, -0.25) is 0 Å². The van der Waals surface area contributed by atoms with Crippen molar-refractivity contribution in [2.75, 3.05) is 20.3 Å². The van der Waals surface area contributed by atoms with Gasteiger partial charge in [0.2, 0.25) is 0 Å². The normalized spacial score (nSPS) is 11.8. The molecule has 0 fully saturated rings. The van der Waals surface area contributed by atoms with E-state index in [4.69, 9.17) is 4.74 Å². The minimum absolute atomic E-state index is 0. The zero-order valence-corrected chi connectivity index (χ0v) is 20.3. The number of nitrogens with zero attached hydrogens (tertiary/aromatic N) is 1. The summed E-state index contributed by atoms with van der Waals surface area (Å²) in [6, 6.07) is 11.9. The molecule has 0 spiro atoms. The molecular weight excluding hydrogens is 541 g/mol. The maximum atomic E-state index is 13.7. The van der Waals surface area contributed by atoms with Crippen LogP contribution in [-0.2, 0) is 35.8 Å². The first-order valence-electron chi connectivity index (χ1n) is 9.81. The highest BCUT2D eigenvalue weighted by Crippen LogP contribution is 2.16. The molecule has 2 rings (SSSR count). The summed E-state index contributed by atoms with van der Waals surface area (Å²) in [7, 11) is 1.51. The van der Waals surface area contributed by atoms with E-state index in [1.807, 2.05) is 19.1 Å². The second-order valence-electron chi connectivity index (χ2n) is 6.83. The maximum Gasteiger partial charge on any atom is 0.411 e. The second-order valence-corrected chi connectivity index (χ2v) is 6.83. The SMILES string of the molecule is CCNC(=NCc1ccc(F)c(COC)c1)NCc1ccc(COCC(F)(F)F)cc1.I. The van der Waals surface area contributed by atoms with Gasteiger partial charge in [-0.25, -0.2) is 9.38 Å². The molecule has 178 valence electrons. The highest BCUT2D eigenvalue weighted by molar-refractivity contribution is 14.0. The average molecular weight is 569 g/mol. The number of hydrogen-bond donors (Lipinski definition) is 2. The summed E-state index contributed by atoms with van der Waals surface area (Å²) in [6.45, 7) is 2.29. The third kappa shape index (κ3) is 10.6. The van der Waals surface area contributed by atoms with Crippen molar-refractivity contribution < 1.29 is 27.0 Å². The third-order valence-electron chi connectivity index (χ3n) is 4.19. The van der Waals surface area contributed by atoms with Gasteiger partial charge in [-0.15, -0.1) is 24.0 Å². The Hall–Kier alpha value is -1.92. The Kier molecular flexibility index (Phi) is 12.5. The van der Waals surface area contributed by atoms with Gasteiger partial charge in [0.25, 0.3) is 0 Å². The summed E-state index contributed by atoms with van der Waals surface area (Å²) < 4.78 is 59.8. The fourth-order valence-corrected chi connectivity index (χ4v) is 2.73. The summed E-state index contributed by atoms with van der Waals surface area (Å²) in [4.78, 5) is 4.52. The van der Waals surface area contributed by atoms with Gasteiger partial charge in [0.15, 0.2) is 5.96 Å². The molecule has 0 saturated heterocycles. The van der Waals surface area contributed by atoms with Crippen molar-refractivity contribution in [2.45, 2.75) is 39.4 Å². The molecule has 0 unspecified atom stereocenters. The van der Waals surface area contributed by atoms with E-state index in [0.29, 0.717) is 36.7 Å². The molecule has 0 aliphatic carbocycles. The first-order chi connectivity index (χ1) is 14.8. The summed E-state index contributed by atoms with van der Waals surface area (Å²) in [6.07, 6.45) is -4.33. The third-order valence-corrected chi connectivity index (χ3v) is 4.19. The van der Waals surface area contributed by atoms with Crippen LogP contribution >= 0.6 is 24.0 Å². The smallest absolute Gasteiger partial charge is 0.380 e. The number of ether oxygens (including phenoxy) is 2. The Bertz CT molecular complexity index is 846. The lowest BCUT2D eigenvalue weighted by Crippen LogP contribution is -2.36. The lowest BCUT2D eigenvalue weighted by molar-refractivity contribution is -0.176. The summed E-state index contributed by atoms with van der Waals surface area (Å²) >= 11 is 0. The van der Waals surface area contributed by atoms with Crippen LogP contribution in [0.25, 0.3) is 0 Å². The zero-order valence-electron chi connectivity index (χ0n) is 18.0. The first kappa shape index (κ1) is 28.1. The molecule has 0 heterocycles. The number of guanidine groups is 1. The van der Waals surface area contributed by atoms with Crippen molar-refractivity contribution in [1.29, 1.82) is 0 Å². The Labute approximate surface area is 202 Å². The van der Waals surface area contributed by atoms with Crippen LogP contribution in [0, 0.1) is 5.82 Å². The molecule has 32 heavy (non-hydrogen) atoms. The van der Waals surface area contributed by atoms with Crippen molar-refractivity contribution in [2.24, 2.45) is 4.99 Å².